The van der Waals surface area contributed by atoms with Crippen LogP contribution < -0.4 is 4.74 Å². The molecule has 0 atom stereocenters. The molecule has 0 aliphatic carbocycles. The van der Waals surface area contributed by atoms with Crippen LogP contribution in [0.5, 0.6) is 11.5 Å². The molecule has 2 nitrogen and oxygen atoms in total. The van der Waals surface area contributed by atoms with Crippen molar-refractivity contribution in [3.8, 4) is 11.5 Å². The van der Waals surface area contributed by atoms with Crippen molar-refractivity contribution >= 4 is 21.7 Å². The molecule has 0 aromatic heterocycles. The molecule has 4 heteroatoms. The lowest BCUT2D eigenvalue weighted by Crippen LogP contribution is -1.92. The van der Waals surface area contributed by atoms with Crippen LogP contribution in [0.25, 0.3) is 0 Å². The van der Waals surface area contributed by atoms with Gasteiger partial charge >= 0.3 is 0 Å². The van der Waals surface area contributed by atoms with Crippen LogP contribution in [0.4, 0.5) is 4.39 Å². The molecule has 0 aliphatic rings. The van der Waals surface area contributed by atoms with Gasteiger partial charge in [0.05, 0.1) is 4.47 Å². The van der Waals surface area contributed by atoms with Gasteiger partial charge in [-0.1, -0.05) is 12.1 Å². The molecule has 0 saturated carbocycles. The summed E-state index contributed by atoms with van der Waals surface area (Å²) >= 11 is 3.07. The van der Waals surface area contributed by atoms with Crippen LogP contribution in [0.15, 0.2) is 46.9 Å². The lowest BCUT2D eigenvalue weighted by Gasteiger charge is -2.07. The summed E-state index contributed by atoms with van der Waals surface area (Å²) in [6.07, 6.45) is 0. The highest BCUT2D eigenvalue weighted by atomic mass is 79.9. The van der Waals surface area contributed by atoms with E-state index < -0.39 is 5.82 Å². The first-order chi connectivity index (χ1) is 8.56. The van der Waals surface area contributed by atoms with Crippen LogP contribution in [0, 0.1) is 5.82 Å². The molecular formula is C14H10BrFO2. The maximum absolute atomic E-state index is 13.3. The van der Waals surface area contributed by atoms with E-state index in [1.54, 1.807) is 36.4 Å². The third-order valence-electron chi connectivity index (χ3n) is 2.37. The van der Waals surface area contributed by atoms with Crippen molar-refractivity contribution in [1.82, 2.24) is 0 Å². The molecule has 0 amide bonds. The van der Waals surface area contributed by atoms with E-state index in [4.69, 9.17) is 4.74 Å². The number of carbonyl (C=O) groups is 1. The molecule has 0 saturated heterocycles. The van der Waals surface area contributed by atoms with Gasteiger partial charge in [-0.25, -0.2) is 4.39 Å². The van der Waals surface area contributed by atoms with Crippen molar-refractivity contribution in [3.63, 3.8) is 0 Å². The Morgan fingerprint density at radius 1 is 1.17 bits per heavy atom. The molecule has 18 heavy (non-hydrogen) atoms. The van der Waals surface area contributed by atoms with E-state index >= 15 is 0 Å². The van der Waals surface area contributed by atoms with Gasteiger partial charge in [-0.3, -0.25) is 4.79 Å². The molecule has 92 valence electrons. The van der Waals surface area contributed by atoms with Crippen LogP contribution in [0.3, 0.4) is 0 Å². The number of hydrogen-bond donors (Lipinski definition) is 0. The predicted octanol–water partition coefficient (Wildman–Crippen LogP) is 4.58. The maximum Gasteiger partial charge on any atom is 0.159 e. The molecule has 2 aromatic rings. The quantitative estimate of drug-likeness (QED) is 0.776. The monoisotopic (exact) mass is 308 g/mol. The number of hydrogen-bond acceptors (Lipinski definition) is 2. The van der Waals surface area contributed by atoms with Gasteiger partial charge in [0, 0.05) is 11.6 Å². The van der Waals surface area contributed by atoms with Crippen molar-refractivity contribution < 1.29 is 13.9 Å². The number of halogens is 2. The predicted molar refractivity (Wildman–Crippen MR) is 70.6 cm³/mol. The fourth-order valence-corrected chi connectivity index (χ4v) is 1.70. The van der Waals surface area contributed by atoms with E-state index in [9.17, 15) is 9.18 Å². The topological polar surface area (TPSA) is 26.3 Å². The second-order valence-corrected chi connectivity index (χ2v) is 4.62. The Hall–Kier alpha value is -1.68. The SMILES string of the molecule is CC(=O)c1cccc(Oc2ccc(Br)c(F)c2)c1. The van der Waals surface area contributed by atoms with Crippen molar-refractivity contribution in [2.75, 3.05) is 0 Å². The molecule has 0 radical (unpaired) electrons. The summed E-state index contributed by atoms with van der Waals surface area (Å²) in [5.74, 6) is 0.457. The van der Waals surface area contributed by atoms with E-state index in [-0.39, 0.29) is 5.78 Å². The molecule has 0 N–H and O–H groups in total. The molecule has 0 unspecified atom stereocenters. The molecule has 0 spiro atoms. The van der Waals surface area contributed by atoms with Gasteiger partial charge in [-0.05, 0) is 47.1 Å². The van der Waals surface area contributed by atoms with E-state index in [0.29, 0.717) is 21.5 Å². The lowest BCUT2D eigenvalue weighted by atomic mass is 10.1. The minimum Gasteiger partial charge on any atom is -0.457 e. The van der Waals surface area contributed by atoms with E-state index in [1.165, 1.54) is 13.0 Å². The molecule has 2 rings (SSSR count). The Balaban J connectivity index is 2.25. The highest BCUT2D eigenvalue weighted by Gasteiger charge is 2.05. The van der Waals surface area contributed by atoms with Gasteiger partial charge in [-0.2, -0.15) is 0 Å². The zero-order chi connectivity index (χ0) is 13.1. The molecule has 0 aliphatic heterocycles. The van der Waals surface area contributed by atoms with Crippen molar-refractivity contribution in [2.24, 2.45) is 0 Å². The van der Waals surface area contributed by atoms with E-state index in [2.05, 4.69) is 15.9 Å². The number of ether oxygens (including phenoxy) is 1. The summed E-state index contributed by atoms with van der Waals surface area (Å²) in [6, 6.07) is 11.3. The fraction of sp³-hybridized carbons (Fsp3) is 0.0714. The van der Waals surface area contributed by atoms with Crippen molar-refractivity contribution in [3.05, 3.63) is 58.3 Å². The number of ketones is 1. The number of rotatable bonds is 3. The molecular weight excluding hydrogens is 299 g/mol. The minimum absolute atomic E-state index is 0.0394. The van der Waals surface area contributed by atoms with Gasteiger partial charge < -0.3 is 4.74 Å². The van der Waals surface area contributed by atoms with Crippen LogP contribution >= 0.6 is 15.9 Å². The minimum atomic E-state index is -0.393. The van der Waals surface area contributed by atoms with E-state index in [1.807, 2.05) is 0 Å². The first-order valence-electron chi connectivity index (χ1n) is 5.30. The smallest absolute Gasteiger partial charge is 0.159 e. The normalized spacial score (nSPS) is 10.2. The Morgan fingerprint density at radius 3 is 2.56 bits per heavy atom. The highest BCUT2D eigenvalue weighted by Crippen LogP contribution is 2.26. The van der Waals surface area contributed by atoms with Gasteiger partial charge in [0.2, 0.25) is 0 Å². The fourth-order valence-electron chi connectivity index (χ4n) is 1.46. The maximum atomic E-state index is 13.3. The Kier molecular flexibility index (Phi) is 3.77. The van der Waals surface area contributed by atoms with Gasteiger partial charge in [-0.15, -0.1) is 0 Å². The summed E-state index contributed by atoms with van der Waals surface area (Å²) in [4.78, 5) is 11.2. The van der Waals surface area contributed by atoms with Crippen LogP contribution in [0.2, 0.25) is 0 Å². The van der Waals surface area contributed by atoms with Crippen molar-refractivity contribution in [1.29, 1.82) is 0 Å². The van der Waals surface area contributed by atoms with Crippen LogP contribution in [-0.4, -0.2) is 5.78 Å². The van der Waals surface area contributed by atoms with Crippen LogP contribution in [0.1, 0.15) is 17.3 Å². The van der Waals surface area contributed by atoms with Gasteiger partial charge in [0.1, 0.15) is 17.3 Å². The first kappa shape index (κ1) is 12.8. The summed E-state index contributed by atoms with van der Waals surface area (Å²) in [5.41, 5.74) is 0.560. The third kappa shape index (κ3) is 2.96. The molecule has 0 heterocycles. The second-order valence-electron chi connectivity index (χ2n) is 3.76. The Bertz CT molecular complexity index is 596. The average Bonchev–Trinajstić information content (AvgIpc) is 2.34. The van der Waals surface area contributed by atoms with Crippen LogP contribution in [-0.2, 0) is 0 Å². The van der Waals surface area contributed by atoms with E-state index in [0.717, 1.165) is 0 Å². The summed E-state index contributed by atoms with van der Waals surface area (Å²) in [5, 5.41) is 0. The summed E-state index contributed by atoms with van der Waals surface area (Å²) < 4.78 is 19.2. The lowest BCUT2D eigenvalue weighted by molar-refractivity contribution is 0.101. The molecule has 2 aromatic carbocycles. The zero-order valence-corrected chi connectivity index (χ0v) is 11.2. The number of benzene rings is 2. The second kappa shape index (κ2) is 5.31. The summed E-state index contributed by atoms with van der Waals surface area (Å²) in [7, 11) is 0. The Morgan fingerprint density at radius 2 is 1.89 bits per heavy atom. The van der Waals surface area contributed by atoms with Gasteiger partial charge in [0.25, 0.3) is 0 Å². The standard InChI is InChI=1S/C14H10BrFO2/c1-9(17)10-3-2-4-11(7-10)18-12-5-6-13(15)14(16)8-12/h2-8H,1H3. The average molecular weight is 309 g/mol. The molecule has 0 bridgehead atoms. The first-order valence-corrected chi connectivity index (χ1v) is 6.09. The van der Waals surface area contributed by atoms with Crippen molar-refractivity contribution in [2.45, 2.75) is 6.92 Å². The largest absolute Gasteiger partial charge is 0.457 e. The third-order valence-corrected chi connectivity index (χ3v) is 3.01. The molecule has 0 fully saturated rings. The number of Topliss-reactive ketones (excluding diaryl/α,β-unsaturated/α-hetero) is 1. The Labute approximate surface area is 113 Å². The summed E-state index contributed by atoms with van der Waals surface area (Å²) in [6.45, 7) is 1.48. The number of carbonyl (C=O) groups excluding carboxylic acids is 1. The zero-order valence-electron chi connectivity index (χ0n) is 9.61. The van der Waals surface area contributed by atoms with Gasteiger partial charge in [0.15, 0.2) is 5.78 Å². The highest BCUT2D eigenvalue weighted by molar-refractivity contribution is 9.10.